The molecule has 27 heavy (non-hydrogen) atoms. The minimum Gasteiger partial charge on any atom is -0.462 e. The van der Waals surface area contributed by atoms with Crippen LogP contribution in [0.15, 0.2) is 0 Å². The second kappa shape index (κ2) is 8.08. The van der Waals surface area contributed by atoms with Crippen molar-refractivity contribution in [3.8, 4) is 0 Å². The van der Waals surface area contributed by atoms with E-state index in [1.165, 1.54) is 11.3 Å². The van der Waals surface area contributed by atoms with Gasteiger partial charge in [-0.15, -0.1) is 11.3 Å². The van der Waals surface area contributed by atoms with Gasteiger partial charge in [0.05, 0.1) is 25.2 Å². The summed E-state index contributed by atoms with van der Waals surface area (Å²) < 4.78 is 10.7. The van der Waals surface area contributed by atoms with Gasteiger partial charge in [-0.2, -0.15) is 0 Å². The molecule has 148 valence electrons. The number of hydrogen-bond acceptors (Lipinski definition) is 8. The number of nitrogens with one attached hydrogen (secondary N) is 1. The van der Waals surface area contributed by atoms with E-state index in [-0.39, 0.29) is 11.5 Å². The Bertz CT molecular complexity index is 828. The van der Waals surface area contributed by atoms with Crippen molar-refractivity contribution in [3.63, 3.8) is 0 Å². The smallest absolute Gasteiger partial charge is 0.348 e. The summed E-state index contributed by atoms with van der Waals surface area (Å²) in [7, 11) is 0. The molecular formula is C19H28N4O3S. The average molecular weight is 393 g/mol. The van der Waals surface area contributed by atoms with Crippen LogP contribution in [-0.2, 0) is 9.47 Å². The van der Waals surface area contributed by atoms with Gasteiger partial charge >= 0.3 is 5.97 Å². The Hall–Kier alpha value is -1.77. The van der Waals surface area contributed by atoms with Gasteiger partial charge in [-0.1, -0.05) is 0 Å². The maximum Gasteiger partial charge on any atom is 0.348 e. The lowest BCUT2D eigenvalue weighted by atomic mass is 10.0. The largest absolute Gasteiger partial charge is 0.462 e. The van der Waals surface area contributed by atoms with Crippen molar-refractivity contribution >= 4 is 33.3 Å². The van der Waals surface area contributed by atoms with Gasteiger partial charge in [0.15, 0.2) is 0 Å². The van der Waals surface area contributed by atoms with Crippen LogP contribution in [0.4, 0.5) is 5.82 Å². The first-order chi connectivity index (χ1) is 12.8. The molecule has 7 nitrogen and oxygen atoms in total. The van der Waals surface area contributed by atoms with Crippen LogP contribution < -0.4 is 5.32 Å². The third-order valence-electron chi connectivity index (χ3n) is 4.92. The molecule has 1 saturated heterocycles. The predicted molar refractivity (Wildman–Crippen MR) is 108 cm³/mol. The highest BCUT2D eigenvalue weighted by atomic mass is 32.1. The Morgan fingerprint density at radius 1 is 1.30 bits per heavy atom. The van der Waals surface area contributed by atoms with E-state index >= 15 is 0 Å². The predicted octanol–water partition coefficient (Wildman–Crippen LogP) is 3.01. The van der Waals surface area contributed by atoms with Crippen LogP contribution in [-0.4, -0.2) is 65.8 Å². The zero-order chi connectivity index (χ0) is 19.6. The summed E-state index contributed by atoms with van der Waals surface area (Å²) in [6.07, 6.45) is 0. The minimum absolute atomic E-state index is 0.0388. The average Bonchev–Trinajstić information content (AvgIpc) is 2.97. The number of carbonyl (C=O) groups excluding carboxylic acids is 1. The summed E-state index contributed by atoms with van der Waals surface area (Å²) in [6.45, 7) is 14.6. The highest BCUT2D eigenvalue weighted by molar-refractivity contribution is 7.20. The maximum atomic E-state index is 12.3. The molecular weight excluding hydrogens is 364 g/mol. The highest BCUT2D eigenvalue weighted by Crippen LogP contribution is 2.34. The van der Waals surface area contributed by atoms with Crippen molar-refractivity contribution in [3.05, 3.63) is 16.3 Å². The zero-order valence-corrected chi connectivity index (χ0v) is 17.5. The Morgan fingerprint density at radius 2 is 2.00 bits per heavy atom. The van der Waals surface area contributed by atoms with Crippen LogP contribution in [0.1, 0.15) is 41.8 Å². The van der Waals surface area contributed by atoms with Crippen LogP contribution in [0.5, 0.6) is 0 Å². The van der Waals surface area contributed by atoms with Crippen molar-refractivity contribution < 1.29 is 14.3 Å². The van der Waals surface area contributed by atoms with E-state index in [0.717, 1.165) is 54.4 Å². The van der Waals surface area contributed by atoms with Gasteiger partial charge < -0.3 is 14.8 Å². The van der Waals surface area contributed by atoms with Crippen molar-refractivity contribution in [1.82, 2.24) is 14.9 Å². The van der Waals surface area contributed by atoms with Crippen LogP contribution in [0.25, 0.3) is 10.2 Å². The number of nitrogens with zero attached hydrogens (tertiary/aromatic N) is 3. The molecule has 2 aromatic rings. The molecule has 0 spiro atoms. The second-order valence-corrected chi connectivity index (χ2v) is 8.34. The number of fused-ring (bicyclic) bond motifs is 1. The topological polar surface area (TPSA) is 76.6 Å². The normalized spacial score (nSPS) is 15.9. The lowest BCUT2D eigenvalue weighted by Gasteiger charge is -2.41. The van der Waals surface area contributed by atoms with E-state index in [1.54, 1.807) is 0 Å². The van der Waals surface area contributed by atoms with E-state index in [9.17, 15) is 4.79 Å². The Labute approximate surface area is 164 Å². The van der Waals surface area contributed by atoms with E-state index in [1.807, 2.05) is 20.8 Å². The first kappa shape index (κ1) is 20.0. The van der Waals surface area contributed by atoms with E-state index in [2.05, 4.69) is 34.0 Å². The number of aromatic nitrogens is 2. The fourth-order valence-electron chi connectivity index (χ4n) is 3.35. The lowest BCUT2D eigenvalue weighted by Crippen LogP contribution is -2.53. The first-order valence-corrected chi connectivity index (χ1v) is 10.2. The van der Waals surface area contributed by atoms with E-state index in [4.69, 9.17) is 9.47 Å². The lowest BCUT2D eigenvalue weighted by molar-refractivity contribution is -0.00569. The summed E-state index contributed by atoms with van der Waals surface area (Å²) >= 11 is 1.37. The van der Waals surface area contributed by atoms with E-state index < -0.39 is 0 Å². The first-order valence-electron chi connectivity index (χ1n) is 9.35. The van der Waals surface area contributed by atoms with Crippen molar-refractivity contribution in [1.29, 1.82) is 0 Å². The summed E-state index contributed by atoms with van der Waals surface area (Å²) in [5, 5.41) is 4.42. The number of rotatable bonds is 6. The number of aryl methyl sites for hydroxylation is 2. The van der Waals surface area contributed by atoms with Gasteiger partial charge in [-0.3, -0.25) is 4.90 Å². The third kappa shape index (κ3) is 4.23. The molecule has 0 radical (unpaired) electrons. The summed E-state index contributed by atoms with van der Waals surface area (Å²) in [4.78, 5) is 25.2. The highest BCUT2D eigenvalue weighted by Gasteiger charge is 2.29. The van der Waals surface area contributed by atoms with Gasteiger partial charge in [0.1, 0.15) is 21.3 Å². The fourth-order valence-corrected chi connectivity index (χ4v) is 4.47. The molecule has 8 heteroatoms. The summed E-state index contributed by atoms with van der Waals surface area (Å²) in [5.74, 6) is 1.17. The number of carbonyl (C=O) groups is 1. The molecule has 1 N–H and O–H groups in total. The molecule has 0 amide bonds. The fraction of sp³-hybridized carbons (Fsp3) is 0.632. The molecule has 0 unspecified atom stereocenters. The number of anilines is 1. The van der Waals surface area contributed by atoms with Crippen LogP contribution >= 0.6 is 11.3 Å². The van der Waals surface area contributed by atoms with Crippen molar-refractivity contribution in [2.45, 2.75) is 40.2 Å². The number of esters is 1. The maximum absolute atomic E-state index is 12.3. The number of thiophene rings is 1. The SMILES string of the molecule is CCOC(=O)c1sc2nc(C)nc(NCC(C)(C)N3CCOCC3)c2c1C. The third-order valence-corrected chi connectivity index (χ3v) is 6.08. The minimum atomic E-state index is -0.296. The molecule has 1 aliphatic rings. The molecule has 1 aliphatic heterocycles. The molecule has 3 rings (SSSR count). The van der Waals surface area contributed by atoms with Gasteiger partial charge in [-0.05, 0) is 40.2 Å². The van der Waals surface area contributed by atoms with Crippen LogP contribution in [0, 0.1) is 13.8 Å². The van der Waals surface area contributed by atoms with Gasteiger partial charge in [0.2, 0.25) is 0 Å². The van der Waals surface area contributed by atoms with Crippen LogP contribution in [0.2, 0.25) is 0 Å². The van der Waals surface area contributed by atoms with Gasteiger partial charge in [0, 0.05) is 25.2 Å². The zero-order valence-electron chi connectivity index (χ0n) is 16.7. The second-order valence-electron chi connectivity index (χ2n) is 7.34. The number of ether oxygens (including phenoxy) is 2. The molecule has 0 saturated carbocycles. The van der Waals surface area contributed by atoms with E-state index in [0.29, 0.717) is 17.3 Å². The molecule has 2 aromatic heterocycles. The molecule has 1 fully saturated rings. The molecule has 0 aliphatic carbocycles. The molecule has 3 heterocycles. The Kier molecular flexibility index (Phi) is 5.98. The summed E-state index contributed by atoms with van der Waals surface area (Å²) in [6, 6.07) is 0. The van der Waals surface area contributed by atoms with Crippen molar-refractivity contribution in [2.75, 3.05) is 44.8 Å². The number of hydrogen-bond donors (Lipinski definition) is 1. The van der Waals surface area contributed by atoms with Crippen LogP contribution in [0.3, 0.4) is 0 Å². The van der Waals surface area contributed by atoms with Gasteiger partial charge in [0.25, 0.3) is 0 Å². The standard InChI is InChI=1S/C19H28N4O3S/c1-6-26-18(24)15-12(2)14-16(21-13(3)22-17(14)27-15)20-11-19(4,5)23-7-9-25-10-8-23/h6-11H2,1-5H3,(H,20,21,22). The van der Waals surface area contributed by atoms with Crippen molar-refractivity contribution in [2.24, 2.45) is 0 Å². The quantitative estimate of drug-likeness (QED) is 0.757. The monoisotopic (exact) mass is 392 g/mol. The molecule has 0 bridgehead atoms. The Morgan fingerprint density at radius 3 is 2.67 bits per heavy atom. The Balaban J connectivity index is 1.88. The van der Waals surface area contributed by atoms with Gasteiger partial charge in [-0.25, -0.2) is 14.8 Å². The molecule has 0 atom stereocenters. The molecule has 0 aromatic carbocycles. The number of morpholine rings is 1. The summed E-state index contributed by atoms with van der Waals surface area (Å²) in [5.41, 5.74) is 0.836.